The van der Waals surface area contributed by atoms with Gasteiger partial charge >= 0.3 is 0 Å². The highest BCUT2D eigenvalue weighted by Gasteiger charge is 2.32. The lowest BCUT2D eigenvalue weighted by atomic mass is 9.53. The Hall–Kier alpha value is -1.02. The molecular weight excluding hydrogens is 301 g/mol. The first-order chi connectivity index (χ1) is 11.2. The summed E-state index contributed by atoms with van der Waals surface area (Å²) in [5.74, 6) is 0. The van der Waals surface area contributed by atoms with Gasteiger partial charge in [0.05, 0.1) is 0 Å². The normalized spacial score (nSPS) is 13.9. The van der Waals surface area contributed by atoms with Gasteiger partial charge in [-0.2, -0.15) is 0 Å². The van der Waals surface area contributed by atoms with Crippen molar-refractivity contribution in [3.8, 4) is 0 Å². The van der Waals surface area contributed by atoms with Gasteiger partial charge in [-0.3, -0.25) is 0 Å². The topological polar surface area (TPSA) is 12.0 Å². The van der Waals surface area contributed by atoms with Crippen LogP contribution in [-0.4, -0.2) is 19.4 Å². The third-order valence-electron chi connectivity index (χ3n) is 5.48. The van der Waals surface area contributed by atoms with E-state index in [1.54, 1.807) is 0 Å². The number of hydrogen-bond donors (Lipinski definition) is 1. The molecule has 139 valence electrons. The minimum atomic E-state index is 0.151. The van der Waals surface area contributed by atoms with E-state index in [0.717, 1.165) is 12.9 Å². The van der Waals surface area contributed by atoms with Crippen molar-refractivity contribution in [1.82, 2.24) is 5.32 Å². The second-order valence-electron chi connectivity index (χ2n) is 10.3. The molecule has 0 saturated heterocycles. The predicted octanol–water partition coefficient (Wildman–Crippen LogP) is 5.61. The molecule has 0 unspecified atom stereocenters. The first-order valence-electron chi connectivity index (χ1n) is 9.57. The highest BCUT2D eigenvalue weighted by Crippen LogP contribution is 2.40. The van der Waals surface area contributed by atoms with Gasteiger partial charge in [-0.05, 0) is 56.6 Å². The molecule has 0 atom stereocenters. The maximum atomic E-state index is 3.56. The lowest BCUT2D eigenvalue weighted by Gasteiger charge is -2.39. The Kier molecular flexibility index (Phi) is 7.16. The van der Waals surface area contributed by atoms with E-state index in [0.29, 0.717) is 5.41 Å². The molecule has 0 bridgehead atoms. The minimum Gasteiger partial charge on any atom is -0.308 e. The molecule has 0 saturated carbocycles. The molecule has 1 N–H and O–H groups in total. The summed E-state index contributed by atoms with van der Waals surface area (Å²) in [6.45, 7) is 23.7. The molecule has 0 aliphatic carbocycles. The van der Waals surface area contributed by atoms with Crippen LogP contribution in [0.25, 0.3) is 6.08 Å². The molecule has 0 aliphatic rings. The van der Waals surface area contributed by atoms with Gasteiger partial charge in [-0.15, -0.1) is 0 Å². The molecule has 0 fully saturated rings. The number of nitrogens with one attached hydrogen (secondary N) is 1. The van der Waals surface area contributed by atoms with Gasteiger partial charge in [0.1, 0.15) is 0 Å². The zero-order valence-electron chi connectivity index (χ0n) is 18.3. The van der Waals surface area contributed by atoms with E-state index in [2.05, 4.69) is 106 Å². The molecule has 1 rings (SSSR count). The van der Waals surface area contributed by atoms with Crippen LogP contribution in [0.1, 0.15) is 73.4 Å². The van der Waals surface area contributed by atoms with Crippen molar-refractivity contribution in [1.29, 1.82) is 0 Å². The molecule has 0 spiro atoms. The highest BCUT2D eigenvalue weighted by atomic mass is 14.9. The third-order valence-corrected chi connectivity index (χ3v) is 5.48. The Morgan fingerprint density at radius 2 is 1.64 bits per heavy atom. The Morgan fingerprint density at radius 3 is 2.16 bits per heavy atom. The van der Waals surface area contributed by atoms with Crippen molar-refractivity contribution in [3.05, 3.63) is 34.9 Å². The summed E-state index contributed by atoms with van der Waals surface area (Å²) in [6, 6.07) is 6.81. The van der Waals surface area contributed by atoms with E-state index in [-0.39, 0.29) is 11.0 Å². The van der Waals surface area contributed by atoms with Gasteiger partial charge in [0.2, 0.25) is 0 Å². The molecule has 2 heteroatoms. The zero-order chi connectivity index (χ0) is 19.5. The molecule has 25 heavy (non-hydrogen) atoms. The average molecular weight is 340 g/mol. The van der Waals surface area contributed by atoms with E-state index >= 15 is 0 Å². The molecule has 0 heterocycles. The van der Waals surface area contributed by atoms with Crippen LogP contribution in [0, 0.1) is 17.8 Å². The number of aryl methyl sites for hydroxylation is 1. The molecular formula is C23H39BN. The first-order valence-corrected chi connectivity index (χ1v) is 9.57. The van der Waals surface area contributed by atoms with Gasteiger partial charge in [-0.1, -0.05) is 76.2 Å². The van der Waals surface area contributed by atoms with Crippen LogP contribution in [0.4, 0.5) is 0 Å². The summed E-state index contributed by atoms with van der Waals surface area (Å²) in [7, 11) is 2.39. The highest BCUT2D eigenvalue weighted by molar-refractivity contribution is 6.53. The molecule has 0 aliphatic heterocycles. The van der Waals surface area contributed by atoms with Crippen LogP contribution in [0.3, 0.4) is 0 Å². The predicted molar refractivity (Wildman–Crippen MR) is 116 cm³/mol. The molecule has 0 amide bonds. The summed E-state index contributed by atoms with van der Waals surface area (Å²) in [6.07, 6.45) is 3.41. The fourth-order valence-electron chi connectivity index (χ4n) is 2.34. The van der Waals surface area contributed by atoms with Gasteiger partial charge < -0.3 is 5.32 Å². The Morgan fingerprint density at radius 1 is 1.04 bits per heavy atom. The molecule has 0 aromatic heterocycles. The second-order valence-corrected chi connectivity index (χ2v) is 10.3. The van der Waals surface area contributed by atoms with Crippen LogP contribution in [0.15, 0.2) is 23.8 Å². The van der Waals surface area contributed by atoms with Gasteiger partial charge in [-0.25, -0.2) is 0 Å². The smallest absolute Gasteiger partial charge is 0.152 e. The summed E-state index contributed by atoms with van der Waals surface area (Å²) >= 11 is 0. The number of benzene rings is 1. The SMILES string of the molecule is C/C(=C\c1cc([B]CC(C)(C)C(C)(C)C)ccc1C)CNC(C)(C)C. The first kappa shape index (κ1) is 22.0. The zero-order valence-corrected chi connectivity index (χ0v) is 18.3. The van der Waals surface area contributed by atoms with E-state index in [1.807, 2.05) is 0 Å². The van der Waals surface area contributed by atoms with Gasteiger partial charge in [0.15, 0.2) is 7.28 Å². The van der Waals surface area contributed by atoms with Crippen LogP contribution < -0.4 is 10.8 Å². The summed E-state index contributed by atoms with van der Waals surface area (Å²) in [5.41, 5.74) is 6.08. The fraction of sp³-hybridized carbons (Fsp3) is 0.652. The Labute approximate surface area is 157 Å². The van der Waals surface area contributed by atoms with Crippen molar-refractivity contribution in [2.24, 2.45) is 10.8 Å². The van der Waals surface area contributed by atoms with Crippen LogP contribution >= 0.6 is 0 Å². The number of rotatable bonds is 6. The van der Waals surface area contributed by atoms with Gasteiger partial charge in [0, 0.05) is 12.1 Å². The van der Waals surface area contributed by atoms with Crippen LogP contribution in [0.5, 0.6) is 0 Å². The molecule has 1 radical (unpaired) electrons. The second kappa shape index (κ2) is 8.12. The Balaban J connectivity index is 2.86. The standard InChI is InChI=1S/C23H39BN/c1-17(15-25-22(6,7)8)13-19-14-20(12-11-18(19)2)24-16-23(9,10)21(3,4)5/h11-14,25H,15-16H2,1-10H3/b17-13+. The maximum Gasteiger partial charge on any atom is 0.152 e. The average Bonchev–Trinajstić information content (AvgIpc) is 2.44. The van der Waals surface area contributed by atoms with Crippen molar-refractivity contribution in [2.45, 2.75) is 81.1 Å². The summed E-state index contributed by atoms with van der Waals surface area (Å²) in [5, 5.41) is 3.56. The molecule has 1 aromatic rings. The van der Waals surface area contributed by atoms with Crippen LogP contribution in [0.2, 0.25) is 6.32 Å². The van der Waals surface area contributed by atoms with Crippen LogP contribution in [-0.2, 0) is 0 Å². The lowest BCUT2D eigenvalue weighted by Crippen LogP contribution is -2.36. The van der Waals surface area contributed by atoms with Gasteiger partial charge in [0.25, 0.3) is 0 Å². The van der Waals surface area contributed by atoms with E-state index in [9.17, 15) is 0 Å². The van der Waals surface area contributed by atoms with Crippen molar-refractivity contribution < 1.29 is 0 Å². The number of hydrogen-bond acceptors (Lipinski definition) is 1. The Bertz CT molecular complexity index is 597. The fourth-order valence-corrected chi connectivity index (χ4v) is 2.34. The lowest BCUT2D eigenvalue weighted by molar-refractivity contribution is 0.157. The summed E-state index contributed by atoms with van der Waals surface area (Å²) < 4.78 is 0. The van der Waals surface area contributed by atoms with E-state index in [4.69, 9.17) is 0 Å². The molecule has 1 nitrogen and oxygen atoms in total. The maximum absolute atomic E-state index is 3.56. The largest absolute Gasteiger partial charge is 0.308 e. The quantitative estimate of drug-likeness (QED) is 0.664. The third kappa shape index (κ3) is 7.40. The van der Waals surface area contributed by atoms with Crippen molar-refractivity contribution >= 4 is 18.8 Å². The minimum absolute atomic E-state index is 0.151. The van der Waals surface area contributed by atoms with Crippen molar-refractivity contribution in [2.75, 3.05) is 6.54 Å². The van der Waals surface area contributed by atoms with Crippen molar-refractivity contribution in [3.63, 3.8) is 0 Å². The molecule has 1 aromatic carbocycles. The summed E-state index contributed by atoms with van der Waals surface area (Å²) in [4.78, 5) is 0. The van der Waals surface area contributed by atoms with E-state index < -0.39 is 0 Å². The van der Waals surface area contributed by atoms with E-state index in [1.165, 1.54) is 22.2 Å². The monoisotopic (exact) mass is 340 g/mol.